The summed E-state index contributed by atoms with van der Waals surface area (Å²) < 4.78 is 7.75. The van der Waals surface area contributed by atoms with Crippen LogP contribution in [0.1, 0.15) is 20.4 Å². The van der Waals surface area contributed by atoms with Crippen LogP contribution in [0.25, 0.3) is 10.9 Å². The number of ether oxygens (including phenoxy) is 1. The fraction of sp³-hybridized carbons (Fsp3) is 0.143. The SMILES string of the molecule is Cc1nc(COc2ccc(Cl)cc2)sc1C(=O)Nc1cccc2c1ccn2C. The minimum atomic E-state index is -0.163. The molecule has 0 atom stereocenters. The first-order chi connectivity index (χ1) is 13.5. The number of rotatable bonds is 5. The molecule has 1 N–H and O–H groups in total. The highest BCUT2D eigenvalue weighted by Crippen LogP contribution is 2.26. The number of aromatic nitrogens is 2. The topological polar surface area (TPSA) is 56.1 Å². The Morgan fingerprint density at radius 2 is 2.00 bits per heavy atom. The number of amides is 1. The van der Waals surface area contributed by atoms with Crippen molar-refractivity contribution in [1.29, 1.82) is 0 Å². The molecule has 0 aliphatic rings. The Kier molecular flexibility index (Phi) is 5.07. The normalized spacial score (nSPS) is 11.0. The number of thiazole rings is 1. The van der Waals surface area contributed by atoms with Crippen molar-refractivity contribution in [2.75, 3.05) is 5.32 Å². The van der Waals surface area contributed by atoms with Crippen LogP contribution in [0.5, 0.6) is 5.75 Å². The molecular formula is C21H18ClN3O2S. The lowest BCUT2D eigenvalue weighted by atomic mass is 10.2. The molecule has 0 aliphatic carbocycles. The van der Waals surface area contributed by atoms with Crippen molar-refractivity contribution >= 4 is 45.4 Å². The van der Waals surface area contributed by atoms with Crippen LogP contribution in [-0.4, -0.2) is 15.5 Å². The summed E-state index contributed by atoms with van der Waals surface area (Å²) >= 11 is 7.22. The molecule has 7 heteroatoms. The van der Waals surface area contributed by atoms with E-state index in [0.717, 1.165) is 21.6 Å². The average molecular weight is 412 g/mol. The Hall–Kier alpha value is -2.83. The Labute approximate surface area is 171 Å². The number of carbonyl (C=O) groups is 1. The van der Waals surface area contributed by atoms with E-state index in [1.54, 1.807) is 24.3 Å². The molecule has 5 nitrogen and oxygen atoms in total. The van der Waals surface area contributed by atoms with Crippen LogP contribution in [0, 0.1) is 6.92 Å². The van der Waals surface area contributed by atoms with Crippen molar-refractivity contribution in [2.24, 2.45) is 7.05 Å². The lowest BCUT2D eigenvalue weighted by Crippen LogP contribution is -2.11. The van der Waals surface area contributed by atoms with Crippen molar-refractivity contribution in [1.82, 2.24) is 9.55 Å². The van der Waals surface area contributed by atoms with Crippen molar-refractivity contribution < 1.29 is 9.53 Å². The van der Waals surface area contributed by atoms with Crippen molar-refractivity contribution in [3.63, 3.8) is 0 Å². The van der Waals surface area contributed by atoms with E-state index in [-0.39, 0.29) is 5.91 Å². The van der Waals surface area contributed by atoms with Gasteiger partial charge in [-0.15, -0.1) is 11.3 Å². The van der Waals surface area contributed by atoms with Gasteiger partial charge in [0.2, 0.25) is 0 Å². The Bertz CT molecular complexity index is 1150. The zero-order valence-electron chi connectivity index (χ0n) is 15.4. The van der Waals surface area contributed by atoms with Gasteiger partial charge < -0.3 is 14.6 Å². The van der Waals surface area contributed by atoms with Crippen molar-refractivity contribution in [3.05, 3.63) is 75.3 Å². The monoisotopic (exact) mass is 411 g/mol. The molecule has 4 aromatic rings. The summed E-state index contributed by atoms with van der Waals surface area (Å²) in [6.45, 7) is 2.13. The summed E-state index contributed by atoms with van der Waals surface area (Å²) in [6.07, 6.45) is 1.98. The molecule has 0 unspecified atom stereocenters. The number of nitrogens with one attached hydrogen (secondary N) is 1. The summed E-state index contributed by atoms with van der Waals surface area (Å²) in [4.78, 5) is 17.9. The number of aryl methyl sites for hydroxylation is 2. The predicted octanol–water partition coefficient (Wildman–Crippen LogP) is 5.43. The number of anilines is 1. The van der Waals surface area contributed by atoms with Gasteiger partial charge >= 0.3 is 0 Å². The summed E-state index contributed by atoms with van der Waals surface area (Å²) in [6, 6.07) is 15.0. The second-order valence-corrected chi connectivity index (χ2v) is 7.90. The quantitative estimate of drug-likeness (QED) is 0.476. The molecule has 28 heavy (non-hydrogen) atoms. The van der Waals surface area contributed by atoms with Crippen LogP contribution in [0.2, 0.25) is 5.02 Å². The second kappa shape index (κ2) is 7.66. The zero-order valence-corrected chi connectivity index (χ0v) is 17.0. The highest BCUT2D eigenvalue weighted by molar-refractivity contribution is 7.13. The molecule has 0 aliphatic heterocycles. The van der Waals surface area contributed by atoms with Gasteiger partial charge in [-0.3, -0.25) is 4.79 Å². The maximum Gasteiger partial charge on any atom is 0.267 e. The number of carbonyl (C=O) groups excluding carboxylic acids is 1. The number of nitrogens with zero attached hydrogens (tertiary/aromatic N) is 2. The second-order valence-electron chi connectivity index (χ2n) is 6.38. The van der Waals surface area contributed by atoms with Crippen LogP contribution < -0.4 is 10.1 Å². The maximum absolute atomic E-state index is 12.8. The highest BCUT2D eigenvalue weighted by Gasteiger charge is 2.17. The van der Waals surface area contributed by atoms with E-state index in [1.807, 2.05) is 49.0 Å². The Balaban J connectivity index is 1.49. The first kappa shape index (κ1) is 18.5. The zero-order chi connectivity index (χ0) is 19.7. The molecule has 0 saturated carbocycles. The molecular weight excluding hydrogens is 394 g/mol. The largest absolute Gasteiger partial charge is 0.486 e. The number of hydrogen-bond acceptors (Lipinski definition) is 4. The standard InChI is InChI=1S/C21H18ClN3O2S/c1-13-20(28-19(23-13)12-27-15-8-6-14(22)7-9-15)21(26)24-17-4-3-5-18-16(17)10-11-25(18)2/h3-11H,12H2,1-2H3,(H,24,26). The summed E-state index contributed by atoms with van der Waals surface area (Å²) in [5, 5.41) is 5.42. The van der Waals surface area contributed by atoms with Gasteiger partial charge in [-0.25, -0.2) is 4.98 Å². The van der Waals surface area contributed by atoms with Crippen molar-refractivity contribution in [2.45, 2.75) is 13.5 Å². The van der Waals surface area contributed by atoms with Gasteiger partial charge in [-0.05, 0) is 49.4 Å². The fourth-order valence-corrected chi connectivity index (χ4v) is 3.99. The minimum absolute atomic E-state index is 0.163. The van der Waals surface area contributed by atoms with Gasteiger partial charge in [0.25, 0.3) is 5.91 Å². The predicted molar refractivity (Wildman–Crippen MR) is 114 cm³/mol. The molecule has 2 aromatic heterocycles. The lowest BCUT2D eigenvalue weighted by molar-refractivity contribution is 0.103. The molecule has 4 rings (SSSR count). The van der Waals surface area contributed by atoms with Gasteiger partial charge in [-0.2, -0.15) is 0 Å². The van der Waals surface area contributed by atoms with E-state index in [0.29, 0.717) is 28.0 Å². The fourth-order valence-electron chi connectivity index (χ4n) is 2.99. The lowest BCUT2D eigenvalue weighted by Gasteiger charge is -2.06. The third-order valence-electron chi connectivity index (χ3n) is 4.40. The molecule has 0 spiro atoms. The van der Waals surface area contributed by atoms with Crippen LogP contribution >= 0.6 is 22.9 Å². The van der Waals surface area contributed by atoms with E-state index >= 15 is 0 Å². The molecule has 0 saturated heterocycles. The number of halogens is 1. The smallest absolute Gasteiger partial charge is 0.267 e. The molecule has 0 bridgehead atoms. The van der Waals surface area contributed by atoms with Crippen LogP contribution in [-0.2, 0) is 13.7 Å². The highest BCUT2D eigenvalue weighted by atomic mass is 35.5. The summed E-state index contributed by atoms with van der Waals surface area (Å²) in [5.41, 5.74) is 2.54. The minimum Gasteiger partial charge on any atom is -0.486 e. The van der Waals surface area contributed by atoms with Crippen molar-refractivity contribution in [3.8, 4) is 5.75 Å². The Morgan fingerprint density at radius 3 is 2.79 bits per heavy atom. The molecule has 2 heterocycles. The van der Waals surface area contributed by atoms with E-state index in [4.69, 9.17) is 16.3 Å². The first-order valence-corrected chi connectivity index (χ1v) is 9.91. The molecule has 0 fully saturated rings. The van der Waals surface area contributed by atoms with E-state index < -0.39 is 0 Å². The Morgan fingerprint density at radius 1 is 1.21 bits per heavy atom. The number of benzene rings is 2. The average Bonchev–Trinajstić information content (AvgIpc) is 3.25. The van der Waals surface area contributed by atoms with E-state index in [9.17, 15) is 4.79 Å². The van der Waals surface area contributed by atoms with Gasteiger partial charge in [0, 0.05) is 29.2 Å². The van der Waals surface area contributed by atoms with Crippen LogP contribution in [0.15, 0.2) is 54.7 Å². The third-order valence-corrected chi connectivity index (χ3v) is 5.78. The van der Waals surface area contributed by atoms with E-state index in [2.05, 4.69) is 10.3 Å². The van der Waals surface area contributed by atoms with Gasteiger partial charge in [0.15, 0.2) is 0 Å². The van der Waals surface area contributed by atoms with Crippen LogP contribution in [0.3, 0.4) is 0 Å². The summed E-state index contributed by atoms with van der Waals surface area (Å²) in [5.74, 6) is 0.545. The number of hydrogen-bond donors (Lipinski definition) is 1. The first-order valence-electron chi connectivity index (χ1n) is 8.71. The van der Waals surface area contributed by atoms with Gasteiger partial charge in [0.1, 0.15) is 22.2 Å². The summed E-state index contributed by atoms with van der Waals surface area (Å²) in [7, 11) is 1.98. The number of fused-ring (bicyclic) bond motifs is 1. The molecule has 2 aromatic carbocycles. The van der Waals surface area contributed by atoms with Crippen LogP contribution in [0.4, 0.5) is 5.69 Å². The maximum atomic E-state index is 12.8. The van der Waals surface area contributed by atoms with E-state index in [1.165, 1.54) is 11.3 Å². The van der Waals surface area contributed by atoms with Gasteiger partial charge in [0.05, 0.1) is 11.4 Å². The van der Waals surface area contributed by atoms with Gasteiger partial charge in [-0.1, -0.05) is 17.7 Å². The molecule has 142 valence electrons. The molecule has 1 amide bonds. The molecule has 0 radical (unpaired) electrons. The third kappa shape index (κ3) is 3.74.